The van der Waals surface area contributed by atoms with Crippen LogP contribution in [0.2, 0.25) is 0 Å². The van der Waals surface area contributed by atoms with Gasteiger partial charge in [0.15, 0.2) is 5.96 Å². The van der Waals surface area contributed by atoms with Crippen LogP contribution in [0.5, 0.6) is 0 Å². The number of halogens is 1. The van der Waals surface area contributed by atoms with Gasteiger partial charge in [0, 0.05) is 55.1 Å². The summed E-state index contributed by atoms with van der Waals surface area (Å²) in [4.78, 5) is 11.0. The van der Waals surface area contributed by atoms with Gasteiger partial charge in [0.25, 0.3) is 0 Å². The molecule has 2 aromatic heterocycles. The van der Waals surface area contributed by atoms with Crippen molar-refractivity contribution in [3.63, 3.8) is 0 Å². The number of aromatic nitrogens is 2. The Morgan fingerprint density at radius 3 is 2.83 bits per heavy atom. The highest BCUT2D eigenvalue weighted by atomic mass is 79.9. The van der Waals surface area contributed by atoms with Crippen LogP contribution in [0.3, 0.4) is 0 Å². The number of aliphatic imine (C=N–C) groups is 1. The third-order valence-corrected chi connectivity index (χ3v) is 5.27. The molecule has 0 saturated carbocycles. The molecule has 5 nitrogen and oxygen atoms in total. The highest BCUT2D eigenvalue weighted by Crippen LogP contribution is 2.15. The first-order valence-corrected chi connectivity index (χ1v) is 9.80. The monoisotopic (exact) mass is 411 g/mol. The highest BCUT2D eigenvalue weighted by Gasteiger charge is 2.09. The zero-order valence-corrected chi connectivity index (χ0v) is 17.2. The minimum absolute atomic E-state index is 0.820. The van der Waals surface area contributed by atoms with E-state index in [0.29, 0.717) is 0 Å². The van der Waals surface area contributed by atoms with Gasteiger partial charge >= 0.3 is 0 Å². The van der Waals surface area contributed by atoms with Crippen molar-refractivity contribution in [2.24, 2.45) is 12.0 Å². The molecule has 2 rings (SSSR count). The summed E-state index contributed by atoms with van der Waals surface area (Å²) in [5.74, 6) is 0.928. The molecule has 24 heavy (non-hydrogen) atoms. The van der Waals surface area contributed by atoms with Gasteiger partial charge in [-0.2, -0.15) is 0 Å². The fraction of sp³-hybridized carbons (Fsp3) is 0.529. The van der Waals surface area contributed by atoms with Gasteiger partial charge in [-0.15, -0.1) is 11.3 Å². The second-order valence-electron chi connectivity index (χ2n) is 5.93. The summed E-state index contributed by atoms with van der Waals surface area (Å²) in [5, 5.41) is 6.80. The van der Waals surface area contributed by atoms with E-state index in [2.05, 4.69) is 72.4 Å². The maximum atomic E-state index is 4.50. The van der Waals surface area contributed by atoms with Crippen molar-refractivity contribution in [2.45, 2.75) is 32.7 Å². The summed E-state index contributed by atoms with van der Waals surface area (Å²) in [7, 11) is 5.96. The van der Waals surface area contributed by atoms with Crippen LogP contribution in [0, 0.1) is 6.92 Å². The number of thiazole rings is 1. The minimum Gasteiger partial charge on any atom is -0.356 e. The van der Waals surface area contributed by atoms with E-state index in [1.165, 1.54) is 10.7 Å². The van der Waals surface area contributed by atoms with Gasteiger partial charge in [0.1, 0.15) is 0 Å². The average Bonchev–Trinajstić information content (AvgIpc) is 3.08. The lowest BCUT2D eigenvalue weighted by Gasteiger charge is -2.22. The number of rotatable bonds is 7. The van der Waals surface area contributed by atoms with Crippen molar-refractivity contribution < 1.29 is 0 Å². The quantitative estimate of drug-likeness (QED) is 0.430. The Morgan fingerprint density at radius 2 is 2.25 bits per heavy atom. The molecule has 0 fully saturated rings. The first-order chi connectivity index (χ1) is 11.5. The molecule has 0 bridgehead atoms. The maximum Gasteiger partial charge on any atom is 0.193 e. The Hall–Kier alpha value is -1.34. The SMILES string of the molecule is CN=C(NCCCCc1nc(C)cs1)N(C)Cc1cc(Br)cn1C. The summed E-state index contributed by atoms with van der Waals surface area (Å²) in [6, 6.07) is 2.14. The Kier molecular flexibility index (Phi) is 7.30. The average molecular weight is 412 g/mol. The zero-order chi connectivity index (χ0) is 17.5. The normalized spacial score (nSPS) is 11.8. The van der Waals surface area contributed by atoms with Crippen molar-refractivity contribution >= 4 is 33.2 Å². The summed E-state index contributed by atoms with van der Waals surface area (Å²) in [5.41, 5.74) is 2.37. The van der Waals surface area contributed by atoms with E-state index in [9.17, 15) is 0 Å². The topological polar surface area (TPSA) is 45.5 Å². The summed E-state index contributed by atoms with van der Waals surface area (Å²) in [6.07, 6.45) is 5.39. The number of unbranched alkanes of at least 4 members (excludes halogenated alkanes) is 1. The predicted octanol–water partition coefficient (Wildman–Crippen LogP) is 3.58. The van der Waals surface area contributed by atoms with Gasteiger partial charge in [-0.1, -0.05) is 0 Å². The minimum atomic E-state index is 0.820. The second-order valence-corrected chi connectivity index (χ2v) is 7.79. The molecular weight excluding hydrogens is 386 g/mol. The van der Waals surface area contributed by atoms with E-state index < -0.39 is 0 Å². The van der Waals surface area contributed by atoms with E-state index in [-0.39, 0.29) is 0 Å². The Bertz CT molecular complexity index is 676. The molecule has 0 spiro atoms. The van der Waals surface area contributed by atoms with Crippen molar-refractivity contribution in [2.75, 3.05) is 20.6 Å². The molecule has 0 radical (unpaired) electrons. The molecule has 0 aliphatic rings. The first-order valence-electron chi connectivity index (χ1n) is 8.13. The molecule has 1 N–H and O–H groups in total. The van der Waals surface area contributed by atoms with Crippen molar-refractivity contribution in [3.8, 4) is 0 Å². The van der Waals surface area contributed by atoms with Gasteiger partial charge in [-0.25, -0.2) is 4.98 Å². The lowest BCUT2D eigenvalue weighted by atomic mass is 10.2. The van der Waals surface area contributed by atoms with Gasteiger partial charge in [-0.05, 0) is 48.2 Å². The van der Waals surface area contributed by atoms with Gasteiger partial charge in [-0.3, -0.25) is 4.99 Å². The Balaban J connectivity index is 1.72. The lowest BCUT2D eigenvalue weighted by Crippen LogP contribution is -2.39. The highest BCUT2D eigenvalue weighted by molar-refractivity contribution is 9.10. The van der Waals surface area contributed by atoms with Gasteiger partial charge < -0.3 is 14.8 Å². The van der Waals surface area contributed by atoms with Crippen LogP contribution >= 0.6 is 27.3 Å². The molecular formula is C17H26BrN5S. The zero-order valence-electron chi connectivity index (χ0n) is 14.8. The summed E-state index contributed by atoms with van der Waals surface area (Å²) < 4.78 is 3.23. The Labute approximate surface area is 156 Å². The van der Waals surface area contributed by atoms with Gasteiger partial charge in [0.05, 0.1) is 11.6 Å². The van der Waals surface area contributed by atoms with Crippen LogP contribution in [0.15, 0.2) is 27.1 Å². The first kappa shape index (κ1) is 19.0. The van der Waals surface area contributed by atoms with Gasteiger partial charge in [0.2, 0.25) is 0 Å². The summed E-state index contributed by atoms with van der Waals surface area (Å²) >= 11 is 5.28. The van der Waals surface area contributed by atoms with Crippen LogP contribution in [-0.2, 0) is 20.0 Å². The van der Waals surface area contributed by atoms with E-state index >= 15 is 0 Å². The molecule has 0 aromatic carbocycles. The van der Waals surface area contributed by atoms with Crippen LogP contribution in [0.4, 0.5) is 0 Å². The van der Waals surface area contributed by atoms with Crippen molar-refractivity contribution in [1.82, 2.24) is 19.8 Å². The number of guanidine groups is 1. The third-order valence-electron chi connectivity index (χ3n) is 3.81. The molecule has 0 aliphatic carbocycles. The van der Waals surface area contributed by atoms with E-state index in [0.717, 1.165) is 48.5 Å². The molecule has 0 aliphatic heterocycles. The fourth-order valence-corrected chi connectivity index (χ4v) is 3.93. The van der Waals surface area contributed by atoms with Crippen LogP contribution in [-0.4, -0.2) is 41.1 Å². The van der Waals surface area contributed by atoms with E-state index in [1.54, 1.807) is 11.3 Å². The summed E-state index contributed by atoms with van der Waals surface area (Å²) in [6.45, 7) is 3.80. The van der Waals surface area contributed by atoms with Crippen molar-refractivity contribution in [1.29, 1.82) is 0 Å². The number of hydrogen-bond acceptors (Lipinski definition) is 3. The molecule has 2 aromatic rings. The number of hydrogen-bond donors (Lipinski definition) is 1. The smallest absolute Gasteiger partial charge is 0.193 e. The standard InChI is InChI=1S/C17H26BrN5S/c1-13-12-24-16(21-13)7-5-6-8-20-17(19-2)23(4)11-15-9-14(18)10-22(15)3/h9-10,12H,5-8,11H2,1-4H3,(H,19,20). The van der Waals surface area contributed by atoms with Crippen LogP contribution in [0.1, 0.15) is 29.2 Å². The molecule has 7 heteroatoms. The van der Waals surface area contributed by atoms with Crippen LogP contribution < -0.4 is 5.32 Å². The van der Waals surface area contributed by atoms with Crippen molar-refractivity contribution in [3.05, 3.63) is 38.5 Å². The molecule has 0 unspecified atom stereocenters. The van der Waals surface area contributed by atoms with Crippen LogP contribution in [0.25, 0.3) is 0 Å². The maximum absolute atomic E-state index is 4.50. The lowest BCUT2D eigenvalue weighted by molar-refractivity contribution is 0.460. The second kappa shape index (κ2) is 9.22. The fourth-order valence-electron chi connectivity index (χ4n) is 2.54. The number of nitrogens with one attached hydrogen (secondary N) is 1. The molecule has 132 valence electrons. The number of aryl methyl sites for hydroxylation is 3. The Morgan fingerprint density at radius 1 is 1.46 bits per heavy atom. The number of nitrogens with zero attached hydrogens (tertiary/aromatic N) is 4. The molecule has 2 heterocycles. The molecule has 0 amide bonds. The van der Waals surface area contributed by atoms with E-state index in [4.69, 9.17) is 0 Å². The molecule has 0 saturated heterocycles. The molecule has 0 atom stereocenters. The third kappa shape index (κ3) is 5.63. The predicted molar refractivity (Wildman–Crippen MR) is 106 cm³/mol. The van der Waals surface area contributed by atoms with E-state index in [1.807, 2.05) is 14.0 Å². The largest absolute Gasteiger partial charge is 0.356 e.